The molecule has 0 spiro atoms. The van der Waals surface area contributed by atoms with Crippen molar-refractivity contribution in [3.05, 3.63) is 70.3 Å². The molecule has 2 aromatic heterocycles. The SMILES string of the molecule is CC(C)Oc1ccc2c(C(=O)NCCc3ccccn3)cc(=O)oc2c1. The Morgan fingerprint density at radius 3 is 2.81 bits per heavy atom. The number of amides is 1. The molecule has 6 nitrogen and oxygen atoms in total. The quantitative estimate of drug-likeness (QED) is 0.690. The molecule has 0 aliphatic rings. The molecule has 26 heavy (non-hydrogen) atoms. The molecule has 6 heteroatoms. The second kappa shape index (κ2) is 7.82. The standard InChI is InChI=1S/C20H20N2O4/c1-13(2)25-15-6-7-16-17(12-19(23)26-18(16)11-15)20(24)22-10-8-14-5-3-4-9-21-14/h3-7,9,11-13H,8,10H2,1-2H3,(H,22,24). The Morgan fingerprint density at radius 2 is 2.08 bits per heavy atom. The first-order chi connectivity index (χ1) is 12.5. The number of ether oxygens (including phenoxy) is 1. The normalized spacial score (nSPS) is 10.9. The van der Waals surface area contributed by atoms with Gasteiger partial charge in [0.05, 0.1) is 11.7 Å². The summed E-state index contributed by atoms with van der Waals surface area (Å²) in [6, 6.07) is 12.0. The van der Waals surface area contributed by atoms with Crippen molar-refractivity contribution in [3.8, 4) is 5.75 Å². The molecule has 134 valence electrons. The highest BCUT2D eigenvalue weighted by Gasteiger charge is 2.14. The van der Waals surface area contributed by atoms with Crippen molar-refractivity contribution in [1.82, 2.24) is 10.3 Å². The molecule has 0 fully saturated rings. The van der Waals surface area contributed by atoms with Crippen LogP contribution in [0.15, 0.2) is 57.9 Å². The zero-order chi connectivity index (χ0) is 18.5. The van der Waals surface area contributed by atoms with Crippen molar-refractivity contribution < 1.29 is 13.9 Å². The fourth-order valence-electron chi connectivity index (χ4n) is 2.62. The summed E-state index contributed by atoms with van der Waals surface area (Å²) >= 11 is 0. The lowest BCUT2D eigenvalue weighted by molar-refractivity contribution is 0.0955. The second-order valence-corrected chi connectivity index (χ2v) is 6.13. The van der Waals surface area contributed by atoms with Gasteiger partial charge in [0.25, 0.3) is 5.91 Å². The third-order valence-corrected chi connectivity index (χ3v) is 3.73. The molecule has 1 amide bonds. The molecule has 0 unspecified atom stereocenters. The lowest BCUT2D eigenvalue weighted by Gasteiger charge is -2.11. The summed E-state index contributed by atoms with van der Waals surface area (Å²) in [7, 11) is 0. The number of fused-ring (bicyclic) bond motifs is 1. The first kappa shape index (κ1) is 17.7. The molecule has 2 heterocycles. The minimum absolute atomic E-state index is 0.00255. The van der Waals surface area contributed by atoms with Gasteiger partial charge in [0, 0.05) is 42.4 Å². The number of hydrogen-bond donors (Lipinski definition) is 1. The van der Waals surface area contributed by atoms with Crippen molar-refractivity contribution in [2.75, 3.05) is 6.54 Å². The maximum atomic E-state index is 12.5. The summed E-state index contributed by atoms with van der Waals surface area (Å²) in [6.07, 6.45) is 2.32. The number of nitrogens with zero attached hydrogens (tertiary/aromatic N) is 1. The Bertz CT molecular complexity index is 964. The highest BCUT2D eigenvalue weighted by Crippen LogP contribution is 2.23. The number of rotatable bonds is 6. The summed E-state index contributed by atoms with van der Waals surface area (Å²) in [6.45, 7) is 4.24. The molecule has 0 atom stereocenters. The summed E-state index contributed by atoms with van der Waals surface area (Å²) in [4.78, 5) is 28.6. The van der Waals surface area contributed by atoms with Gasteiger partial charge in [-0.15, -0.1) is 0 Å². The van der Waals surface area contributed by atoms with Crippen molar-refractivity contribution in [2.45, 2.75) is 26.4 Å². The summed E-state index contributed by atoms with van der Waals surface area (Å²) < 4.78 is 10.8. The van der Waals surface area contributed by atoms with Crippen LogP contribution in [0.4, 0.5) is 0 Å². The molecule has 0 saturated heterocycles. The van der Waals surface area contributed by atoms with Crippen molar-refractivity contribution in [3.63, 3.8) is 0 Å². The zero-order valence-corrected chi connectivity index (χ0v) is 14.7. The maximum absolute atomic E-state index is 12.5. The minimum atomic E-state index is -0.575. The topological polar surface area (TPSA) is 81.4 Å². The number of carbonyl (C=O) groups is 1. The average Bonchev–Trinajstić information content (AvgIpc) is 2.61. The minimum Gasteiger partial charge on any atom is -0.491 e. The molecule has 0 bridgehead atoms. The van der Waals surface area contributed by atoms with Crippen LogP contribution in [0, 0.1) is 0 Å². The van der Waals surface area contributed by atoms with Crippen LogP contribution in [-0.2, 0) is 6.42 Å². The Balaban J connectivity index is 1.79. The molecule has 1 N–H and O–H groups in total. The predicted octanol–water partition coefficient (Wildman–Crippen LogP) is 2.95. The van der Waals surface area contributed by atoms with Crippen LogP contribution in [0.25, 0.3) is 11.0 Å². The van der Waals surface area contributed by atoms with E-state index >= 15 is 0 Å². The van der Waals surface area contributed by atoms with Crippen LogP contribution < -0.4 is 15.7 Å². The van der Waals surface area contributed by atoms with E-state index < -0.39 is 5.63 Å². The highest BCUT2D eigenvalue weighted by atomic mass is 16.5. The number of aromatic nitrogens is 1. The number of pyridine rings is 1. The Labute approximate surface area is 150 Å². The molecular weight excluding hydrogens is 332 g/mol. The van der Waals surface area contributed by atoms with E-state index in [4.69, 9.17) is 9.15 Å². The molecular formula is C20H20N2O4. The van der Waals surface area contributed by atoms with E-state index in [-0.39, 0.29) is 17.6 Å². The van der Waals surface area contributed by atoms with Gasteiger partial charge in [0.15, 0.2) is 0 Å². The lowest BCUT2D eigenvalue weighted by atomic mass is 10.1. The van der Waals surface area contributed by atoms with Crippen molar-refractivity contribution in [2.24, 2.45) is 0 Å². The summed E-state index contributed by atoms with van der Waals surface area (Å²) in [5, 5.41) is 3.39. The summed E-state index contributed by atoms with van der Waals surface area (Å²) in [5.41, 5.74) is 0.925. The largest absolute Gasteiger partial charge is 0.491 e. The maximum Gasteiger partial charge on any atom is 0.337 e. The van der Waals surface area contributed by atoms with Crippen LogP contribution in [0.1, 0.15) is 29.9 Å². The summed E-state index contributed by atoms with van der Waals surface area (Å²) in [5.74, 6) is 0.264. The average molecular weight is 352 g/mol. The Morgan fingerprint density at radius 1 is 1.23 bits per heavy atom. The van der Waals surface area contributed by atoms with E-state index in [9.17, 15) is 9.59 Å². The lowest BCUT2D eigenvalue weighted by Crippen LogP contribution is -2.27. The third-order valence-electron chi connectivity index (χ3n) is 3.73. The van der Waals surface area contributed by atoms with Gasteiger partial charge in [-0.2, -0.15) is 0 Å². The number of nitrogens with one attached hydrogen (secondary N) is 1. The van der Waals surface area contributed by atoms with E-state index in [0.717, 1.165) is 5.69 Å². The van der Waals surface area contributed by atoms with Crippen LogP contribution >= 0.6 is 0 Å². The molecule has 0 aliphatic heterocycles. The second-order valence-electron chi connectivity index (χ2n) is 6.13. The Hall–Kier alpha value is -3.15. The van der Waals surface area contributed by atoms with E-state index in [1.54, 1.807) is 24.4 Å². The fourth-order valence-corrected chi connectivity index (χ4v) is 2.62. The van der Waals surface area contributed by atoms with Gasteiger partial charge in [0.2, 0.25) is 0 Å². The van der Waals surface area contributed by atoms with E-state index in [1.165, 1.54) is 6.07 Å². The van der Waals surface area contributed by atoms with E-state index in [1.807, 2.05) is 32.0 Å². The number of benzene rings is 1. The van der Waals surface area contributed by atoms with Crippen LogP contribution in [0.3, 0.4) is 0 Å². The number of hydrogen-bond acceptors (Lipinski definition) is 5. The zero-order valence-electron chi connectivity index (χ0n) is 14.7. The van der Waals surface area contributed by atoms with Gasteiger partial charge in [0.1, 0.15) is 11.3 Å². The van der Waals surface area contributed by atoms with Gasteiger partial charge < -0.3 is 14.5 Å². The molecule has 0 saturated carbocycles. The molecule has 0 radical (unpaired) electrons. The molecule has 3 rings (SSSR count). The fraction of sp³-hybridized carbons (Fsp3) is 0.250. The molecule has 3 aromatic rings. The van der Waals surface area contributed by atoms with Gasteiger partial charge in [-0.05, 0) is 38.1 Å². The smallest absolute Gasteiger partial charge is 0.337 e. The van der Waals surface area contributed by atoms with Crippen LogP contribution in [0.2, 0.25) is 0 Å². The first-order valence-electron chi connectivity index (χ1n) is 8.45. The van der Waals surface area contributed by atoms with Crippen LogP contribution in [-0.4, -0.2) is 23.5 Å². The molecule has 0 aliphatic carbocycles. The van der Waals surface area contributed by atoms with Crippen molar-refractivity contribution in [1.29, 1.82) is 0 Å². The van der Waals surface area contributed by atoms with Crippen molar-refractivity contribution >= 4 is 16.9 Å². The first-order valence-corrected chi connectivity index (χ1v) is 8.45. The van der Waals surface area contributed by atoms with Gasteiger partial charge in [-0.3, -0.25) is 9.78 Å². The monoisotopic (exact) mass is 352 g/mol. The predicted molar refractivity (Wildman–Crippen MR) is 98.5 cm³/mol. The van der Waals surface area contributed by atoms with Gasteiger partial charge in [-0.25, -0.2) is 4.79 Å². The molecule has 1 aromatic carbocycles. The Kier molecular flexibility index (Phi) is 5.31. The van der Waals surface area contributed by atoms with E-state index in [2.05, 4.69) is 10.3 Å². The van der Waals surface area contributed by atoms with Crippen LogP contribution in [0.5, 0.6) is 5.75 Å². The highest BCUT2D eigenvalue weighted by molar-refractivity contribution is 6.05. The third kappa shape index (κ3) is 4.27. The van der Waals surface area contributed by atoms with Gasteiger partial charge in [-0.1, -0.05) is 6.07 Å². The number of carbonyl (C=O) groups excluding carboxylic acids is 1. The van der Waals surface area contributed by atoms with Gasteiger partial charge >= 0.3 is 5.63 Å². The van der Waals surface area contributed by atoms with E-state index in [0.29, 0.717) is 29.7 Å².